The molecule has 1 atom stereocenters. The molecule has 2 N–H and O–H groups in total. The van der Waals surface area contributed by atoms with Crippen LogP contribution in [0.2, 0.25) is 0 Å². The molecule has 0 amide bonds. The Morgan fingerprint density at radius 2 is 1.57 bits per heavy atom. The zero-order chi connectivity index (χ0) is 14.9. The summed E-state index contributed by atoms with van der Waals surface area (Å²) >= 11 is 0. The third-order valence-electron chi connectivity index (χ3n) is 3.40. The number of ether oxygens (including phenoxy) is 1. The number of aliphatic hydroxyl groups is 2. The van der Waals surface area contributed by atoms with E-state index in [1.165, 1.54) is 5.56 Å². The Bertz CT molecular complexity index is 508. The van der Waals surface area contributed by atoms with E-state index >= 15 is 0 Å². The van der Waals surface area contributed by atoms with Gasteiger partial charge in [0.05, 0.1) is 6.10 Å². The topological polar surface area (TPSA) is 49.7 Å². The van der Waals surface area contributed by atoms with Crippen molar-refractivity contribution >= 4 is 0 Å². The van der Waals surface area contributed by atoms with Gasteiger partial charge in [-0.1, -0.05) is 42.5 Å². The van der Waals surface area contributed by atoms with Crippen LogP contribution in [-0.4, -0.2) is 22.9 Å². The van der Waals surface area contributed by atoms with Gasteiger partial charge in [-0.05, 0) is 42.5 Å². The number of hydrogen-bond donors (Lipinski definition) is 2. The number of aliphatic hydroxyl groups excluding tert-OH is 2. The molecule has 0 heterocycles. The lowest BCUT2D eigenvalue weighted by atomic mass is 10.1. The molecule has 21 heavy (non-hydrogen) atoms. The van der Waals surface area contributed by atoms with Crippen molar-refractivity contribution in [2.24, 2.45) is 0 Å². The Hall–Kier alpha value is -1.84. The van der Waals surface area contributed by atoms with E-state index in [1.807, 2.05) is 54.6 Å². The van der Waals surface area contributed by atoms with Crippen LogP contribution in [0.4, 0.5) is 0 Å². The molecule has 3 nitrogen and oxygen atoms in total. The van der Waals surface area contributed by atoms with Crippen LogP contribution in [0.5, 0.6) is 5.75 Å². The first-order valence-corrected chi connectivity index (χ1v) is 7.32. The van der Waals surface area contributed by atoms with Gasteiger partial charge in [-0.2, -0.15) is 0 Å². The Morgan fingerprint density at radius 3 is 2.24 bits per heavy atom. The molecule has 3 heteroatoms. The Balaban J connectivity index is 1.79. The van der Waals surface area contributed by atoms with E-state index in [0.717, 1.165) is 17.7 Å². The van der Waals surface area contributed by atoms with E-state index in [9.17, 15) is 5.11 Å². The van der Waals surface area contributed by atoms with Crippen LogP contribution < -0.4 is 4.74 Å². The second-order valence-corrected chi connectivity index (χ2v) is 5.12. The van der Waals surface area contributed by atoms with Crippen molar-refractivity contribution in [2.45, 2.75) is 32.0 Å². The van der Waals surface area contributed by atoms with Crippen molar-refractivity contribution in [3.05, 3.63) is 65.7 Å². The number of rotatable bonds is 8. The summed E-state index contributed by atoms with van der Waals surface area (Å²) in [6.45, 7) is 0.600. The lowest BCUT2D eigenvalue weighted by Gasteiger charge is -2.10. The van der Waals surface area contributed by atoms with Gasteiger partial charge >= 0.3 is 0 Å². The standard InChI is InChI=1S/C18H22O3/c19-13-12-17(20)9-6-15-7-10-18(11-8-15)21-14-16-4-2-1-3-5-16/h1-5,7-8,10-11,17,19-20H,6,9,12-14H2/t17-/m0/s1. The Kier molecular flexibility index (Phi) is 6.25. The van der Waals surface area contributed by atoms with Gasteiger partial charge < -0.3 is 14.9 Å². The molecule has 0 aliphatic heterocycles. The molecular weight excluding hydrogens is 264 g/mol. The second kappa shape index (κ2) is 8.45. The molecular formula is C18H22O3. The fraction of sp³-hybridized carbons (Fsp3) is 0.333. The molecule has 0 bridgehead atoms. The van der Waals surface area contributed by atoms with Crippen LogP contribution in [0.15, 0.2) is 54.6 Å². The van der Waals surface area contributed by atoms with Crippen molar-refractivity contribution in [3.8, 4) is 5.75 Å². The van der Waals surface area contributed by atoms with Gasteiger partial charge in [0.1, 0.15) is 12.4 Å². The number of hydrogen-bond acceptors (Lipinski definition) is 3. The average molecular weight is 286 g/mol. The van der Waals surface area contributed by atoms with Crippen LogP contribution in [0.3, 0.4) is 0 Å². The maximum Gasteiger partial charge on any atom is 0.119 e. The van der Waals surface area contributed by atoms with Crippen molar-refractivity contribution in [1.82, 2.24) is 0 Å². The molecule has 2 rings (SSSR count). The van der Waals surface area contributed by atoms with E-state index in [4.69, 9.17) is 9.84 Å². The fourth-order valence-electron chi connectivity index (χ4n) is 2.12. The number of benzene rings is 2. The minimum Gasteiger partial charge on any atom is -0.489 e. The van der Waals surface area contributed by atoms with Gasteiger partial charge in [-0.3, -0.25) is 0 Å². The summed E-state index contributed by atoms with van der Waals surface area (Å²) in [6, 6.07) is 18.0. The summed E-state index contributed by atoms with van der Waals surface area (Å²) in [5.41, 5.74) is 2.31. The van der Waals surface area contributed by atoms with Crippen LogP contribution in [0.25, 0.3) is 0 Å². The van der Waals surface area contributed by atoms with E-state index in [1.54, 1.807) is 0 Å². The minimum atomic E-state index is -0.427. The molecule has 2 aromatic carbocycles. The fourth-order valence-corrected chi connectivity index (χ4v) is 2.12. The summed E-state index contributed by atoms with van der Waals surface area (Å²) in [5, 5.41) is 18.3. The predicted molar refractivity (Wildman–Crippen MR) is 83.2 cm³/mol. The molecule has 2 aromatic rings. The quantitative estimate of drug-likeness (QED) is 0.784. The molecule has 0 radical (unpaired) electrons. The largest absolute Gasteiger partial charge is 0.489 e. The van der Waals surface area contributed by atoms with Crippen molar-refractivity contribution < 1.29 is 14.9 Å². The highest BCUT2D eigenvalue weighted by molar-refractivity contribution is 5.28. The summed E-state index contributed by atoms with van der Waals surface area (Å²) in [4.78, 5) is 0. The highest BCUT2D eigenvalue weighted by Crippen LogP contribution is 2.16. The van der Waals surface area contributed by atoms with E-state index in [0.29, 0.717) is 19.4 Å². The monoisotopic (exact) mass is 286 g/mol. The first-order valence-electron chi connectivity index (χ1n) is 7.32. The maximum absolute atomic E-state index is 9.59. The highest BCUT2D eigenvalue weighted by Gasteiger charge is 2.04. The third-order valence-corrected chi connectivity index (χ3v) is 3.40. The van der Waals surface area contributed by atoms with Gasteiger partial charge in [-0.15, -0.1) is 0 Å². The first kappa shape index (κ1) is 15.5. The molecule has 0 aliphatic rings. The molecule has 0 saturated carbocycles. The van der Waals surface area contributed by atoms with Gasteiger partial charge in [0.25, 0.3) is 0 Å². The summed E-state index contributed by atoms with van der Waals surface area (Å²) < 4.78 is 5.73. The van der Waals surface area contributed by atoms with E-state index in [2.05, 4.69) is 0 Å². The normalized spacial score (nSPS) is 12.1. The van der Waals surface area contributed by atoms with E-state index < -0.39 is 6.10 Å². The molecule has 0 unspecified atom stereocenters. The third kappa shape index (κ3) is 5.58. The zero-order valence-electron chi connectivity index (χ0n) is 12.1. The van der Waals surface area contributed by atoms with Gasteiger partial charge in [-0.25, -0.2) is 0 Å². The minimum absolute atomic E-state index is 0.0351. The van der Waals surface area contributed by atoms with Crippen molar-refractivity contribution in [3.63, 3.8) is 0 Å². The summed E-state index contributed by atoms with van der Waals surface area (Å²) in [7, 11) is 0. The maximum atomic E-state index is 9.59. The van der Waals surface area contributed by atoms with E-state index in [-0.39, 0.29) is 6.61 Å². The molecule has 0 spiro atoms. The number of aryl methyl sites for hydroxylation is 1. The van der Waals surface area contributed by atoms with Crippen LogP contribution in [-0.2, 0) is 13.0 Å². The lowest BCUT2D eigenvalue weighted by molar-refractivity contribution is 0.125. The molecule has 0 aliphatic carbocycles. The van der Waals surface area contributed by atoms with Crippen molar-refractivity contribution in [2.75, 3.05) is 6.61 Å². The van der Waals surface area contributed by atoms with Crippen LogP contribution >= 0.6 is 0 Å². The second-order valence-electron chi connectivity index (χ2n) is 5.12. The predicted octanol–water partition coefficient (Wildman–Crippen LogP) is 2.94. The lowest BCUT2D eigenvalue weighted by Crippen LogP contribution is -2.09. The van der Waals surface area contributed by atoms with Gasteiger partial charge in [0.15, 0.2) is 0 Å². The Morgan fingerprint density at radius 1 is 0.857 bits per heavy atom. The van der Waals surface area contributed by atoms with Gasteiger partial charge in [0, 0.05) is 6.61 Å². The SMILES string of the molecule is OCC[C@@H](O)CCc1ccc(OCc2ccccc2)cc1. The molecule has 112 valence electrons. The molecule has 0 aromatic heterocycles. The molecule has 0 fully saturated rings. The Labute approximate surface area is 125 Å². The highest BCUT2D eigenvalue weighted by atomic mass is 16.5. The summed E-state index contributed by atoms with van der Waals surface area (Å²) in [5.74, 6) is 0.846. The smallest absolute Gasteiger partial charge is 0.119 e. The first-order chi connectivity index (χ1) is 10.3. The zero-order valence-corrected chi connectivity index (χ0v) is 12.1. The van der Waals surface area contributed by atoms with Crippen LogP contribution in [0.1, 0.15) is 24.0 Å². The average Bonchev–Trinajstić information content (AvgIpc) is 2.53. The van der Waals surface area contributed by atoms with Crippen molar-refractivity contribution in [1.29, 1.82) is 0 Å². The van der Waals surface area contributed by atoms with Crippen LogP contribution in [0, 0.1) is 0 Å². The molecule has 0 saturated heterocycles. The van der Waals surface area contributed by atoms with Gasteiger partial charge in [0.2, 0.25) is 0 Å². The summed E-state index contributed by atoms with van der Waals surface area (Å²) in [6.07, 6.45) is 1.49.